The van der Waals surface area contributed by atoms with Crippen molar-refractivity contribution < 1.29 is 22.7 Å². The van der Waals surface area contributed by atoms with Crippen molar-refractivity contribution in [3.05, 3.63) is 76.9 Å². The summed E-state index contributed by atoms with van der Waals surface area (Å²) < 4.78 is 32.6. The standard InChI is InChI=1S/C27H29N5O5S2/c1-3-4-15-28-27(34)32-39(35,36)21-12-10-20(11-13-21)31-24-22-18(2)23(38-25(22)30-17-29-24)26(33)37-16-14-19-8-6-5-7-9-19/h5-13,17H,3-4,14-16H2,1-2H3,(H2,28,32,34)(H,29,30,31). The fraction of sp³-hybridized carbons (Fsp3) is 0.259. The molecule has 0 spiro atoms. The molecule has 0 unspecified atom stereocenters. The largest absolute Gasteiger partial charge is 0.461 e. The van der Waals surface area contributed by atoms with Crippen LogP contribution in [0.5, 0.6) is 0 Å². The molecule has 0 saturated carbocycles. The Morgan fingerprint density at radius 3 is 2.49 bits per heavy atom. The molecule has 4 rings (SSSR count). The number of hydrogen-bond acceptors (Lipinski definition) is 9. The number of ether oxygens (including phenoxy) is 1. The molecule has 0 bridgehead atoms. The van der Waals surface area contributed by atoms with Gasteiger partial charge in [-0.25, -0.2) is 32.7 Å². The number of sulfonamides is 1. The van der Waals surface area contributed by atoms with Gasteiger partial charge in [0.1, 0.15) is 21.9 Å². The summed E-state index contributed by atoms with van der Waals surface area (Å²) in [6.07, 6.45) is 3.65. The molecule has 3 N–H and O–H groups in total. The number of unbranched alkanes of at least 4 members (excludes halogenated alkanes) is 1. The molecule has 10 nitrogen and oxygen atoms in total. The van der Waals surface area contributed by atoms with E-state index in [2.05, 4.69) is 20.6 Å². The highest BCUT2D eigenvalue weighted by Crippen LogP contribution is 2.35. The van der Waals surface area contributed by atoms with Gasteiger partial charge in [0.2, 0.25) is 0 Å². The molecule has 0 aliphatic rings. The van der Waals surface area contributed by atoms with E-state index >= 15 is 0 Å². The first-order chi connectivity index (χ1) is 18.8. The maximum atomic E-state index is 12.8. The van der Waals surface area contributed by atoms with E-state index in [1.165, 1.54) is 29.8 Å². The number of benzene rings is 2. The normalized spacial score (nSPS) is 11.2. The smallest absolute Gasteiger partial charge is 0.348 e. The molecule has 12 heteroatoms. The van der Waals surface area contributed by atoms with Crippen molar-refractivity contribution >= 4 is 55.1 Å². The summed E-state index contributed by atoms with van der Waals surface area (Å²) in [4.78, 5) is 34.3. The third-order valence-electron chi connectivity index (χ3n) is 5.85. The Labute approximate surface area is 230 Å². The fourth-order valence-corrected chi connectivity index (χ4v) is 5.75. The first-order valence-corrected chi connectivity index (χ1v) is 14.7. The van der Waals surface area contributed by atoms with Gasteiger partial charge in [-0.05, 0) is 48.7 Å². The molecule has 39 heavy (non-hydrogen) atoms. The van der Waals surface area contributed by atoms with Crippen LogP contribution in [0, 0.1) is 6.92 Å². The summed E-state index contributed by atoms with van der Waals surface area (Å²) in [5.74, 6) is 0.0549. The Balaban J connectivity index is 1.45. The Bertz CT molecular complexity index is 1550. The monoisotopic (exact) mass is 567 g/mol. The number of anilines is 2. The molecule has 0 radical (unpaired) electrons. The molecule has 0 atom stereocenters. The maximum absolute atomic E-state index is 12.8. The van der Waals surface area contributed by atoms with Crippen LogP contribution in [0.25, 0.3) is 10.2 Å². The van der Waals surface area contributed by atoms with E-state index in [1.54, 1.807) is 12.1 Å². The lowest BCUT2D eigenvalue weighted by Gasteiger charge is -2.10. The van der Waals surface area contributed by atoms with Gasteiger partial charge in [-0.3, -0.25) is 0 Å². The summed E-state index contributed by atoms with van der Waals surface area (Å²) in [5.41, 5.74) is 2.35. The number of esters is 1. The maximum Gasteiger partial charge on any atom is 0.348 e. The number of hydrogen-bond donors (Lipinski definition) is 3. The van der Waals surface area contributed by atoms with E-state index in [9.17, 15) is 18.0 Å². The fourth-order valence-electron chi connectivity index (χ4n) is 3.78. The number of carbonyl (C=O) groups is 2. The number of aromatic nitrogens is 2. The number of thiophene rings is 1. The van der Waals surface area contributed by atoms with Crippen LogP contribution in [-0.4, -0.2) is 43.5 Å². The van der Waals surface area contributed by atoms with Crippen molar-refractivity contribution in [2.75, 3.05) is 18.5 Å². The van der Waals surface area contributed by atoms with Crippen LogP contribution in [0.2, 0.25) is 0 Å². The molecule has 2 heterocycles. The molecule has 4 aromatic rings. The number of urea groups is 1. The lowest BCUT2D eigenvalue weighted by Crippen LogP contribution is -2.39. The molecular weight excluding hydrogens is 538 g/mol. The van der Waals surface area contributed by atoms with Gasteiger partial charge in [0, 0.05) is 18.7 Å². The Morgan fingerprint density at radius 1 is 1.03 bits per heavy atom. The minimum atomic E-state index is -4.02. The second-order valence-corrected chi connectivity index (χ2v) is 11.4. The van der Waals surface area contributed by atoms with Crippen LogP contribution in [-0.2, 0) is 21.2 Å². The van der Waals surface area contributed by atoms with E-state index < -0.39 is 22.0 Å². The molecule has 0 aliphatic carbocycles. The zero-order valence-corrected chi connectivity index (χ0v) is 23.2. The van der Waals surface area contributed by atoms with Crippen LogP contribution < -0.4 is 15.4 Å². The van der Waals surface area contributed by atoms with Crippen molar-refractivity contribution in [3.8, 4) is 0 Å². The van der Waals surface area contributed by atoms with Gasteiger partial charge in [-0.1, -0.05) is 43.7 Å². The van der Waals surface area contributed by atoms with Crippen molar-refractivity contribution in [1.82, 2.24) is 20.0 Å². The van der Waals surface area contributed by atoms with Gasteiger partial charge in [0.05, 0.1) is 16.9 Å². The number of nitrogens with zero attached hydrogens (tertiary/aromatic N) is 2. The summed E-state index contributed by atoms with van der Waals surface area (Å²) >= 11 is 1.23. The average Bonchev–Trinajstić information content (AvgIpc) is 3.27. The first kappa shape index (κ1) is 28.0. The Hall–Kier alpha value is -4.03. The summed E-state index contributed by atoms with van der Waals surface area (Å²) in [5, 5.41) is 6.36. The second-order valence-electron chi connectivity index (χ2n) is 8.69. The molecule has 0 aliphatic heterocycles. The molecule has 0 saturated heterocycles. The summed E-state index contributed by atoms with van der Waals surface area (Å²) in [7, 11) is -4.02. The minimum Gasteiger partial charge on any atom is -0.461 e. The SMILES string of the molecule is CCCCNC(=O)NS(=O)(=O)c1ccc(Nc2ncnc3sc(C(=O)OCCc4ccccc4)c(C)c23)cc1. The Kier molecular flexibility index (Phi) is 9.10. The first-order valence-electron chi connectivity index (χ1n) is 12.4. The predicted octanol–water partition coefficient (Wildman–Crippen LogP) is 4.93. The number of rotatable bonds is 11. The van der Waals surface area contributed by atoms with Crippen molar-refractivity contribution in [1.29, 1.82) is 0 Å². The number of amides is 2. The van der Waals surface area contributed by atoms with E-state index in [0.717, 1.165) is 18.4 Å². The highest BCUT2D eigenvalue weighted by Gasteiger charge is 2.21. The molecule has 204 valence electrons. The zero-order valence-electron chi connectivity index (χ0n) is 21.6. The minimum absolute atomic E-state index is 0.0567. The lowest BCUT2D eigenvalue weighted by atomic mass is 10.2. The third-order valence-corrected chi connectivity index (χ3v) is 8.38. The number of aryl methyl sites for hydroxylation is 1. The van der Waals surface area contributed by atoms with Crippen LogP contribution in [0.4, 0.5) is 16.3 Å². The Morgan fingerprint density at radius 2 is 1.77 bits per heavy atom. The average molecular weight is 568 g/mol. The van der Waals surface area contributed by atoms with Crippen molar-refractivity contribution in [2.45, 2.75) is 38.0 Å². The summed E-state index contributed by atoms with van der Waals surface area (Å²) in [6.45, 7) is 4.44. The van der Waals surface area contributed by atoms with Crippen LogP contribution in [0.3, 0.4) is 0 Å². The van der Waals surface area contributed by atoms with Gasteiger partial charge < -0.3 is 15.4 Å². The number of fused-ring (bicyclic) bond motifs is 1. The van der Waals surface area contributed by atoms with Gasteiger partial charge in [0.25, 0.3) is 10.0 Å². The predicted molar refractivity (Wildman–Crippen MR) is 151 cm³/mol. The highest BCUT2D eigenvalue weighted by atomic mass is 32.2. The van der Waals surface area contributed by atoms with Gasteiger partial charge in [0.15, 0.2) is 0 Å². The van der Waals surface area contributed by atoms with Gasteiger partial charge in [-0.15, -0.1) is 11.3 Å². The van der Waals surface area contributed by atoms with E-state index in [4.69, 9.17) is 4.74 Å². The van der Waals surface area contributed by atoms with E-state index in [-0.39, 0.29) is 11.5 Å². The molecule has 2 amide bonds. The van der Waals surface area contributed by atoms with Gasteiger partial charge in [-0.2, -0.15) is 0 Å². The lowest BCUT2D eigenvalue weighted by molar-refractivity contribution is 0.0514. The third kappa shape index (κ3) is 7.09. The highest BCUT2D eigenvalue weighted by molar-refractivity contribution is 7.90. The van der Waals surface area contributed by atoms with Crippen LogP contribution in [0.15, 0.2) is 65.8 Å². The van der Waals surface area contributed by atoms with Crippen molar-refractivity contribution in [3.63, 3.8) is 0 Å². The molecule has 0 fully saturated rings. The zero-order chi connectivity index (χ0) is 27.8. The van der Waals surface area contributed by atoms with Crippen LogP contribution in [0.1, 0.15) is 40.6 Å². The molecule has 2 aromatic carbocycles. The van der Waals surface area contributed by atoms with Crippen LogP contribution >= 0.6 is 11.3 Å². The number of nitrogens with one attached hydrogen (secondary N) is 3. The molecule has 2 aromatic heterocycles. The van der Waals surface area contributed by atoms with Crippen molar-refractivity contribution in [2.24, 2.45) is 0 Å². The van der Waals surface area contributed by atoms with E-state index in [1.807, 2.05) is 48.9 Å². The van der Waals surface area contributed by atoms with E-state index in [0.29, 0.717) is 45.1 Å². The van der Waals surface area contributed by atoms with Gasteiger partial charge >= 0.3 is 12.0 Å². The second kappa shape index (κ2) is 12.7. The topological polar surface area (TPSA) is 139 Å². The quantitative estimate of drug-likeness (QED) is 0.171. The molecular formula is C27H29N5O5S2. The number of carbonyl (C=O) groups excluding carboxylic acids is 2. The summed E-state index contributed by atoms with van der Waals surface area (Å²) in [6, 6.07) is 14.9.